The zero-order valence-corrected chi connectivity index (χ0v) is 17.6. The molecule has 1 aliphatic heterocycles. The van der Waals surface area contributed by atoms with Crippen molar-refractivity contribution in [3.63, 3.8) is 0 Å². The second kappa shape index (κ2) is 12.1. The van der Waals surface area contributed by atoms with Crippen LogP contribution in [0.1, 0.15) is 52.9 Å². The van der Waals surface area contributed by atoms with E-state index in [2.05, 4.69) is 21.3 Å². The number of rotatable bonds is 12. The minimum absolute atomic E-state index is 0.279. The van der Waals surface area contributed by atoms with Gasteiger partial charge in [0.15, 0.2) is 0 Å². The second-order valence-corrected chi connectivity index (χ2v) is 7.58. The summed E-state index contributed by atoms with van der Waals surface area (Å²) >= 11 is 0. The van der Waals surface area contributed by atoms with Crippen LogP contribution in [0.3, 0.4) is 0 Å². The predicted octanol–water partition coefficient (Wildman–Crippen LogP) is -0.792. The number of hydrogen-bond acceptors (Lipinski definition) is 6. The van der Waals surface area contributed by atoms with Crippen molar-refractivity contribution in [2.45, 2.75) is 77.0 Å². The topological polar surface area (TPSA) is 174 Å². The summed E-state index contributed by atoms with van der Waals surface area (Å²) in [6.45, 7) is 5.78. The summed E-state index contributed by atoms with van der Waals surface area (Å²) in [5, 5.41) is 28.5. The highest BCUT2D eigenvalue weighted by Crippen LogP contribution is 2.10. The van der Waals surface area contributed by atoms with Crippen LogP contribution in [0.4, 0.5) is 0 Å². The van der Waals surface area contributed by atoms with Gasteiger partial charge in [-0.25, -0.2) is 4.79 Å². The molecule has 0 bridgehead atoms. The van der Waals surface area contributed by atoms with E-state index in [1.807, 2.05) is 6.92 Å². The van der Waals surface area contributed by atoms with Crippen LogP contribution in [0.15, 0.2) is 0 Å². The van der Waals surface area contributed by atoms with Gasteiger partial charge in [0.25, 0.3) is 0 Å². The summed E-state index contributed by atoms with van der Waals surface area (Å²) in [6, 6.07) is -3.65. The molecule has 6 N–H and O–H groups in total. The molecule has 1 heterocycles. The highest BCUT2D eigenvalue weighted by molar-refractivity contribution is 5.94. The Morgan fingerprint density at radius 3 is 2.20 bits per heavy atom. The van der Waals surface area contributed by atoms with Gasteiger partial charge in [0.1, 0.15) is 18.1 Å². The molecule has 1 fully saturated rings. The molecule has 0 aromatic carbocycles. The average Bonchev–Trinajstić information content (AvgIpc) is 3.22. The third-order valence-corrected chi connectivity index (χ3v) is 5.18. The first-order chi connectivity index (χ1) is 14.1. The van der Waals surface area contributed by atoms with Gasteiger partial charge in [0.2, 0.25) is 17.7 Å². The predicted molar refractivity (Wildman–Crippen MR) is 106 cm³/mol. The molecular weight excluding hydrogens is 396 g/mol. The highest BCUT2D eigenvalue weighted by Gasteiger charge is 2.32. The lowest BCUT2D eigenvalue weighted by Gasteiger charge is -2.27. The first-order valence-corrected chi connectivity index (χ1v) is 10.2. The fourth-order valence-electron chi connectivity index (χ4n) is 3.05. The molecule has 3 amide bonds. The van der Waals surface area contributed by atoms with E-state index in [0.29, 0.717) is 12.8 Å². The Hall–Kier alpha value is -2.69. The van der Waals surface area contributed by atoms with Gasteiger partial charge in [-0.15, -0.1) is 0 Å². The van der Waals surface area contributed by atoms with Crippen LogP contribution in [0.2, 0.25) is 0 Å². The molecule has 170 valence electrons. The maximum Gasteiger partial charge on any atom is 0.326 e. The fraction of sp³-hybridized carbons (Fsp3) is 0.737. The minimum atomic E-state index is -1.39. The maximum absolute atomic E-state index is 12.7. The number of hydrogen-bond donors (Lipinski definition) is 6. The van der Waals surface area contributed by atoms with E-state index < -0.39 is 48.3 Å². The lowest BCUT2D eigenvalue weighted by atomic mass is 9.97. The van der Waals surface area contributed by atoms with Crippen molar-refractivity contribution < 1.29 is 34.2 Å². The van der Waals surface area contributed by atoms with Crippen molar-refractivity contribution in [1.29, 1.82) is 0 Å². The van der Waals surface area contributed by atoms with Crippen LogP contribution in [0.5, 0.6) is 0 Å². The molecule has 30 heavy (non-hydrogen) atoms. The zero-order valence-electron chi connectivity index (χ0n) is 17.6. The number of carbonyl (C=O) groups excluding carboxylic acids is 3. The van der Waals surface area contributed by atoms with Gasteiger partial charge >= 0.3 is 11.9 Å². The first-order valence-electron chi connectivity index (χ1n) is 10.2. The van der Waals surface area contributed by atoms with E-state index in [4.69, 9.17) is 5.11 Å². The van der Waals surface area contributed by atoms with Crippen molar-refractivity contribution in [2.24, 2.45) is 5.92 Å². The van der Waals surface area contributed by atoms with Crippen LogP contribution in [-0.4, -0.2) is 70.6 Å². The van der Waals surface area contributed by atoms with Crippen molar-refractivity contribution >= 4 is 29.7 Å². The molecular formula is C19H32N4O7. The molecule has 11 nitrogen and oxygen atoms in total. The Bertz CT molecular complexity index is 649. The molecule has 0 saturated carbocycles. The Labute approximate surface area is 175 Å². The second-order valence-electron chi connectivity index (χ2n) is 7.58. The molecule has 0 aliphatic carbocycles. The normalized spacial score (nSPS) is 19.8. The molecule has 5 atom stereocenters. The van der Waals surface area contributed by atoms with E-state index in [1.165, 1.54) is 6.92 Å². The molecule has 1 rings (SSSR count). The van der Waals surface area contributed by atoms with E-state index in [-0.39, 0.29) is 24.3 Å². The molecule has 0 aromatic heterocycles. The largest absolute Gasteiger partial charge is 0.481 e. The molecule has 0 aromatic rings. The van der Waals surface area contributed by atoms with Gasteiger partial charge in [0, 0.05) is 6.42 Å². The van der Waals surface area contributed by atoms with Gasteiger partial charge in [-0.05, 0) is 38.6 Å². The van der Waals surface area contributed by atoms with E-state index >= 15 is 0 Å². The average molecular weight is 428 g/mol. The van der Waals surface area contributed by atoms with Crippen LogP contribution < -0.4 is 21.3 Å². The Kier molecular flexibility index (Phi) is 10.2. The van der Waals surface area contributed by atoms with Gasteiger partial charge in [-0.2, -0.15) is 0 Å². The lowest BCUT2D eigenvalue weighted by Crippen LogP contribution is -2.58. The van der Waals surface area contributed by atoms with E-state index in [9.17, 15) is 29.1 Å². The van der Waals surface area contributed by atoms with Gasteiger partial charge in [-0.1, -0.05) is 20.3 Å². The zero-order chi connectivity index (χ0) is 22.8. The minimum Gasteiger partial charge on any atom is -0.481 e. The number of nitrogens with one attached hydrogen (secondary N) is 4. The first kappa shape index (κ1) is 25.3. The van der Waals surface area contributed by atoms with E-state index in [0.717, 1.165) is 13.0 Å². The van der Waals surface area contributed by atoms with Crippen molar-refractivity contribution in [3.05, 3.63) is 0 Å². The summed E-state index contributed by atoms with van der Waals surface area (Å²) in [5.41, 5.74) is 0. The standard InChI is InChI=1S/C19H32N4O7/c1-4-10(2)15(18(28)22-13(19(29)30)7-8-14(24)25)23-16(26)11(3)21-17(27)12-6-5-9-20-12/h10-13,15,20H,4-9H2,1-3H3,(H,21,27)(H,22,28)(H,23,26)(H,24,25)(H,29,30). The summed E-state index contributed by atoms with van der Waals surface area (Å²) < 4.78 is 0. The molecule has 11 heteroatoms. The smallest absolute Gasteiger partial charge is 0.326 e. The summed E-state index contributed by atoms with van der Waals surface area (Å²) in [4.78, 5) is 59.4. The van der Waals surface area contributed by atoms with Gasteiger partial charge < -0.3 is 31.5 Å². The number of amides is 3. The third kappa shape index (κ3) is 7.97. The number of aliphatic carboxylic acids is 2. The molecule has 1 aliphatic rings. The quantitative estimate of drug-likeness (QED) is 0.234. The molecule has 0 radical (unpaired) electrons. The summed E-state index contributed by atoms with van der Waals surface area (Å²) in [5.74, 6) is -4.43. The molecule has 0 spiro atoms. The maximum atomic E-state index is 12.7. The van der Waals surface area contributed by atoms with Crippen LogP contribution in [0.25, 0.3) is 0 Å². The molecule has 5 unspecified atom stereocenters. The number of carbonyl (C=O) groups is 5. The summed E-state index contributed by atoms with van der Waals surface area (Å²) in [6.07, 6.45) is 1.39. The SMILES string of the molecule is CCC(C)C(NC(=O)C(C)NC(=O)C1CCCN1)C(=O)NC(CCC(=O)O)C(=O)O. The summed E-state index contributed by atoms with van der Waals surface area (Å²) in [7, 11) is 0. The third-order valence-electron chi connectivity index (χ3n) is 5.18. The van der Waals surface area contributed by atoms with Crippen LogP contribution in [-0.2, 0) is 24.0 Å². The van der Waals surface area contributed by atoms with E-state index in [1.54, 1.807) is 6.92 Å². The number of carboxylic acid groups (broad SMARTS) is 2. The lowest BCUT2D eigenvalue weighted by molar-refractivity contribution is -0.143. The van der Waals surface area contributed by atoms with Crippen molar-refractivity contribution in [1.82, 2.24) is 21.3 Å². The number of carboxylic acids is 2. The van der Waals surface area contributed by atoms with Crippen molar-refractivity contribution in [3.8, 4) is 0 Å². The van der Waals surface area contributed by atoms with Gasteiger partial charge in [-0.3, -0.25) is 19.2 Å². The van der Waals surface area contributed by atoms with Gasteiger partial charge in [0.05, 0.1) is 6.04 Å². The Morgan fingerprint density at radius 1 is 1.03 bits per heavy atom. The van der Waals surface area contributed by atoms with Crippen molar-refractivity contribution in [2.75, 3.05) is 6.54 Å². The Morgan fingerprint density at radius 2 is 1.70 bits per heavy atom. The van der Waals surface area contributed by atoms with Crippen LogP contribution >= 0.6 is 0 Å². The fourth-order valence-corrected chi connectivity index (χ4v) is 3.05. The van der Waals surface area contributed by atoms with Crippen LogP contribution in [0, 0.1) is 5.92 Å². The Balaban J connectivity index is 2.75. The monoisotopic (exact) mass is 428 g/mol. The molecule has 1 saturated heterocycles. The highest BCUT2D eigenvalue weighted by atomic mass is 16.4.